The zero-order valence-corrected chi connectivity index (χ0v) is 14.8. The molecule has 2 N–H and O–H groups in total. The molecule has 0 bridgehead atoms. The van der Waals surface area contributed by atoms with Crippen molar-refractivity contribution in [2.45, 2.75) is 36.2 Å². The Kier molecular flexibility index (Phi) is 5.05. The molecule has 3 heterocycles. The molecule has 2 unspecified atom stereocenters. The van der Waals surface area contributed by atoms with Crippen molar-refractivity contribution in [3.63, 3.8) is 0 Å². The van der Waals surface area contributed by atoms with Crippen LogP contribution in [0.2, 0.25) is 0 Å². The van der Waals surface area contributed by atoms with Crippen molar-refractivity contribution in [1.82, 2.24) is 14.2 Å². The van der Waals surface area contributed by atoms with Gasteiger partial charge in [0.05, 0.1) is 19.0 Å². The van der Waals surface area contributed by atoms with Gasteiger partial charge in [0.2, 0.25) is 21.8 Å². The summed E-state index contributed by atoms with van der Waals surface area (Å²) in [5.41, 5.74) is 5.04. The first-order chi connectivity index (χ1) is 12.3. The molecule has 139 valence electrons. The van der Waals surface area contributed by atoms with Crippen LogP contribution in [0.3, 0.4) is 0 Å². The minimum Gasteiger partial charge on any atom is -0.370 e. The number of pyridine rings is 1. The van der Waals surface area contributed by atoms with Crippen molar-refractivity contribution in [3.05, 3.63) is 30.9 Å². The third kappa shape index (κ3) is 3.34. The lowest BCUT2D eigenvalue weighted by Gasteiger charge is -2.24. The Morgan fingerprint density at radius 2 is 2.15 bits per heavy atom. The summed E-state index contributed by atoms with van der Waals surface area (Å²) < 4.78 is 26.8. The van der Waals surface area contributed by atoms with Crippen molar-refractivity contribution in [2.24, 2.45) is 5.73 Å². The van der Waals surface area contributed by atoms with Crippen molar-refractivity contribution in [3.8, 4) is 0 Å². The Balaban J connectivity index is 1.75. The standard InChI is InChI=1S/C16H19N4O5S/c17-14(22)4-1-5-15(23)19-8-6-12-16(19)13(21)10-20(12)26(24,25)11-3-2-7-18-9-11/h2-3,5,7,9,12,16H,1,4,6,8,10H2,(H2,17,22). The predicted octanol–water partition coefficient (Wildman–Crippen LogP) is -0.906. The number of Topliss-reactive ketones (excluding diaryl/α,β-unsaturated/α-hetero) is 1. The van der Waals surface area contributed by atoms with E-state index >= 15 is 0 Å². The maximum atomic E-state index is 12.8. The van der Waals surface area contributed by atoms with E-state index in [1.54, 1.807) is 0 Å². The molecule has 0 aliphatic carbocycles. The van der Waals surface area contributed by atoms with E-state index in [1.165, 1.54) is 35.8 Å². The molecule has 1 radical (unpaired) electrons. The summed E-state index contributed by atoms with van der Waals surface area (Å²) in [6, 6.07) is 1.57. The predicted molar refractivity (Wildman–Crippen MR) is 89.8 cm³/mol. The van der Waals surface area contributed by atoms with Gasteiger partial charge in [-0.05, 0) is 25.0 Å². The fraction of sp³-hybridized carbons (Fsp3) is 0.438. The summed E-state index contributed by atoms with van der Waals surface area (Å²) in [4.78, 5) is 40.8. The Morgan fingerprint density at radius 1 is 1.38 bits per heavy atom. The van der Waals surface area contributed by atoms with E-state index in [1.807, 2.05) is 0 Å². The Bertz CT molecular complexity index is 826. The van der Waals surface area contributed by atoms with Gasteiger partial charge < -0.3 is 10.6 Å². The highest BCUT2D eigenvalue weighted by Crippen LogP contribution is 2.34. The number of sulfonamides is 1. The highest BCUT2D eigenvalue weighted by Gasteiger charge is 2.53. The molecule has 26 heavy (non-hydrogen) atoms. The third-order valence-electron chi connectivity index (χ3n) is 4.61. The van der Waals surface area contributed by atoms with E-state index in [0.29, 0.717) is 6.42 Å². The monoisotopic (exact) mass is 379 g/mol. The van der Waals surface area contributed by atoms with Crippen molar-refractivity contribution in [1.29, 1.82) is 0 Å². The molecule has 2 aliphatic heterocycles. The minimum atomic E-state index is -3.86. The molecule has 3 rings (SSSR count). The van der Waals surface area contributed by atoms with Crippen LogP contribution >= 0.6 is 0 Å². The van der Waals surface area contributed by atoms with Crippen LogP contribution in [0.25, 0.3) is 0 Å². The third-order valence-corrected chi connectivity index (χ3v) is 6.47. The first-order valence-corrected chi connectivity index (χ1v) is 9.63. The van der Waals surface area contributed by atoms with Gasteiger partial charge in [-0.25, -0.2) is 8.42 Å². The maximum Gasteiger partial charge on any atom is 0.245 e. The summed E-state index contributed by atoms with van der Waals surface area (Å²) >= 11 is 0. The van der Waals surface area contributed by atoms with Crippen LogP contribution in [0.1, 0.15) is 19.3 Å². The number of likely N-dealkylation sites (tertiary alicyclic amines) is 1. The van der Waals surface area contributed by atoms with Gasteiger partial charge in [-0.1, -0.05) is 0 Å². The molecule has 2 saturated heterocycles. The topological polar surface area (TPSA) is 131 Å². The molecule has 0 aromatic carbocycles. The van der Waals surface area contributed by atoms with Crippen LogP contribution in [-0.2, 0) is 24.4 Å². The highest BCUT2D eigenvalue weighted by atomic mass is 32.2. The summed E-state index contributed by atoms with van der Waals surface area (Å²) in [5, 5.41) is 0. The van der Waals surface area contributed by atoms with Gasteiger partial charge in [0.25, 0.3) is 0 Å². The van der Waals surface area contributed by atoms with Crippen molar-refractivity contribution < 1.29 is 22.8 Å². The number of ketones is 1. The summed E-state index contributed by atoms with van der Waals surface area (Å²) in [6.45, 7) is 0.0175. The van der Waals surface area contributed by atoms with E-state index in [2.05, 4.69) is 4.98 Å². The van der Waals surface area contributed by atoms with Crippen LogP contribution in [0.5, 0.6) is 0 Å². The van der Waals surface area contributed by atoms with Gasteiger partial charge in [-0.15, -0.1) is 0 Å². The number of carbonyl (C=O) groups is 3. The molecule has 2 amide bonds. The molecule has 9 nitrogen and oxygen atoms in total. The normalized spacial score (nSPS) is 23.2. The van der Waals surface area contributed by atoms with Crippen LogP contribution in [0, 0.1) is 6.42 Å². The number of hydrogen-bond acceptors (Lipinski definition) is 6. The number of carbonyl (C=O) groups excluding carboxylic acids is 3. The molecule has 10 heteroatoms. The number of primary amides is 1. The number of aromatic nitrogens is 1. The molecule has 1 aromatic rings. The molecule has 0 spiro atoms. The lowest BCUT2D eigenvalue weighted by atomic mass is 10.1. The number of nitrogens with zero attached hydrogens (tertiary/aromatic N) is 3. The van der Waals surface area contributed by atoms with Gasteiger partial charge in [0.15, 0.2) is 5.78 Å². The summed E-state index contributed by atoms with van der Waals surface area (Å²) in [5.74, 6) is -1.21. The molecule has 2 atom stereocenters. The van der Waals surface area contributed by atoms with E-state index in [-0.39, 0.29) is 42.5 Å². The van der Waals surface area contributed by atoms with E-state index in [0.717, 1.165) is 4.31 Å². The highest BCUT2D eigenvalue weighted by molar-refractivity contribution is 7.89. The van der Waals surface area contributed by atoms with Crippen molar-refractivity contribution >= 4 is 27.6 Å². The van der Waals surface area contributed by atoms with Gasteiger partial charge in [-0.3, -0.25) is 19.4 Å². The van der Waals surface area contributed by atoms with Crippen molar-refractivity contribution in [2.75, 3.05) is 13.1 Å². The van der Waals surface area contributed by atoms with E-state index in [4.69, 9.17) is 5.73 Å². The summed E-state index contributed by atoms with van der Waals surface area (Å²) in [6.07, 6.45) is 4.64. The zero-order chi connectivity index (χ0) is 18.9. The first-order valence-electron chi connectivity index (χ1n) is 8.19. The molecular weight excluding hydrogens is 360 g/mol. The number of hydrogen-bond donors (Lipinski definition) is 1. The molecular formula is C16H19N4O5S. The number of rotatable bonds is 6. The average molecular weight is 379 g/mol. The quantitative estimate of drug-likeness (QED) is 0.681. The van der Waals surface area contributed by atoms with Gasteiger partial charge >= 0.3 is 0 Å². The second-order valence-electron chi connectivity index (χ2n) is 6.25. The molecule has 2 fully saturated rings. The number of fused-ring (bicyclic) bond motifs is 1. The summed E-state index contributed by atoms with van der Waals surface area (Å²) in [7, 11) is -3.86. The Labute approximate surface area is 151 Å². The Hall–Kier alpha value is -2.33. The van der Waals surface area contributed by atoms with Gasteiger partial charge in [0, 0.05) is 25.4 Å². The second-order valence-corrected chi connectivity index (χ2v) is 8.14. The maximum absolute atomic E-state index is 12.8. The molecule has 0 saturated carbocycles. The molecule has 1 aromatic heterocycles. The Morgan fingerprint density at radius 3 is 2.81 bits per heavy atom. The second kappa shape index (κ2) is 7.12. The lowest BCUT2D eigenvalue weighted by Crippen LogP contribution is -2.43. The fourth-order valence-corrected chi connectivity index (χ4v) is 5.02. The fourth-order valence-electron chi connectivity index (χ4n) is 3.43. The number of nitrogens with two attached hydrogens (primary N) is 1. The lowest BCUT2D eigenvalue weighted by molar-refractivity contribution is -0.133. The largest absolute Gasteiger partial charge is 0.370 e. The van der Waals surface area contributed by atoms with E-state index < -0.39 is 28.0 Å². The average Bonchev–Trinajstić information content (AvgIpc) is 3.17. The van der Waals surface area contributed by atoms with Crippen LogP contribution in [0.15, 0.2) is 29.4 Å². The zero-order valence-electron chi connectivity index (χ0n) is 13.9. The minimum absolute atomic E-state index is 0.0197. The smallest absolute Gasteiger partial charge is 0.245 e. The first kappa shape index (κ1) is 18.5. The van der Waals surface area contributed by atoms with Crippen LogP contribution in [0.4, 0.5) is 0 Å². The molecule has 2 aliphatic rings. The van der Waals surface area contributed by atoms with E-state index in [9.17, 15) is 22.8 Å². The van der Waals surface area contributed by atoms with Gasteiger partial charge in [-0.2, -0.15) is 4.31 Å². The van der Waals surface area contributed by atoms with Crippen LogP contribution < -0.4 is 5.73 Å². The van der Waals surface area contributed by atoms with Gasteiger partial charge in [0.1, 0.15) is 10.9 Å². The number of amides is 2. The SMILES string of the molecule is NC(=O)CC[CH]C(=O)N1CCC2C1C(=O)CN2S(=O)(=O)c1cccnc1. The van der Waals surface area contributed by atoms with Crippen LogP contribution in [-0.4, -0.2) is 65.4 Å².